The molecule has 1 fully saturated rings. The molecule has 2 heterocycles. The number of nitrogens with zero attached hydrogens (tertiary/aromatic N) is 3. The molecule has 5 heteroatoms. The second-order valence-corrected chi connectivity index (χ2v) is 3.74. The Morgan fingerprint density at radius 2 is 2.20 bits per heavy atom. The van der Waals surface area contributed by atoms with Gasteiger partial charge in [0.05, 0.1) is 13.2 Å². The van der Waals surface area contributed by atoms with Crippen molar-refractivity contribution in [2.75, 3.05) is 32.1 Å². The first kappa shape index (κ1) is 10.2. The maximum atomic E-state index is 5.12. The SMILES string of the molecule is COc1cc(N(C)C2CNC2)nc(C)n1. The highest BCUT2D eigenvalue weighted by Crippen LogP contribution is 2.18. The minimum Gasteiger partial charge on any atom is -0.481 e. The lowest BCUT2D eigenvalue weighted by Gasteiger charge is -2.36. The highest BCUT2D eigenvalue weighted by atomic mass is 16.5. The fourth-order valence-electron chi connectivity index (χ4n) is 1.54. The van der Waals surface area contributed by atoms with Crippen molar-refractivity contribution >= 4 is 5.82 Å². The molecule has 1 saturated heterocycles. The van der Waals surface area contributed by atoms with E-state index in [0.717, 1.165) is 24.7 Å². The normalized spacial score (nSPS) is 15.9. The van der Waals surface area contributed by atoms with Gasteiger partial charge < -0.3 is 15.0 Å². The van der Waals surface area contributed by atoms with Gasteiger partial charge in [-0.15, -0.1) is 0 Å². The molecule has 0 aromatic carbocycles. The van der Waals surface area contributed by atoms with E-state index in [0.29, 0.717) is 11.9 Å². The number of hydrogen-bond acceptors (Lipinski definition) is 5. The van der Waals surface area contributed by atoms with E-state index in [1.807, 2.05) is 20.0 Å². The molecule has 1 N–H and O–H groups in total. The quantitative estimate of drug-likeness (QED) is 0.769. The van der Waals surface area contributed by atoms with Gasteiger partial charge in [-0.25, -0.2) is 4.98 Å². The zero-order valence-corrected chi connectivity index (χ0v) is 9.32. The highest BCUT2D eigenvalue weighted by Gasteiger charge is 2.23. The molecule has 0 amide bonds. The number of ether oxygens (including phenoxy) is 1. The van der Waals surface area contributed by atoms with Crippen LogP contribution >= 0.6 is 0 Å². The standard InChI is InChI=1S/C10H16N4O/c1-7-12-9(4-10(13-7)15-3)14(2)8-5-11-6-8/h4,8,11H,5-6H2,1-3H3. The van der Waals surface area contributed by atoms with E-state index >= 15 is 0 Å². The molecule has 0 radical (unpaired) electrons. The van der Waals surface area contributed by atoms with E-state index in [-0.39, 0.29) is 0 Å². The largest absolute Gasteiger partial charge is 0.481 e. The Labute approximate surface area is 89.5 Å². The topological polar surface area (TPSA) is 50.3 Å². The van der Waals surface area contributed by atoms with Gasteiger partial charge in [-0.2, -0.15) is 4.98 Å². The maximum Gasteiger partial charge on any atom is 0.218 e. The van der Waals surface area contributed by atoms with Gasteiger partial charge in [-0.3, -0.25) is 0 Å². The van der Waals surface area contributed by atoms with Gasteiger partial charge in [-0.1, -0.05) is 0 Å². The first-order valence-corrected chi connectivity index (χ1v) is 5.04. The minimum absolute atomic E-state index is 0.531. The molecule has 1 aromatic rings. The van der Waals surface area contributed by atoms with Gasteiger partial charge in [0.2, 0.25) is 5.88 Å². The molecule has 0 spiro atoms. The van der Waals surface area contributed by atoms with Crippen molar-refractivity contribution in [2.24, 2.45) is 0 Å². The molecular weight excluding hydrogens is 192 g/mol. The Morgan fingerprint density at radius 1 is 1.47 bits per heavy atom. The average molecular weight is 208 g/mol. The van der Waals surface area contributed by atoms with Crippen LogP contribution in [0.1, 0.15) is 5.82 Å². The van der Waals surface area contributed by atoms with Gasteiger partial charge in [0, 0.05) is 26.2 Å². The molecule has 0 saturated carbocycles. The lowest BCUT2D eigenvalue weighted by atomic mass is 10.1. The van der Waals surface area contributed by atoms with Crippen LogP contribution in [-0.4, -0.2) is 43.3 Å². The van der Waals surface area contributed by atoms with E-state index in [9.17, 15) is 0 Å². The summed E-state index contributed by atoms with van der Waals surface area (Å²) in [6, 6.07) is 2.40. The zero-order valence-electron chi connectivity index (χ0n) is 9.32. The Bertz CT molecular complexity index is 351. The summed E-state index contributed by atoms with van der Waals surface area (Å²) >= 11 is 0. The van der Waals surface area contributed by atoms with E-state index in [2.05, 4.69) is 20.2 Å². The Balaban J connectivity index is 2.22. The smallest absolute Gasteiger partial charge is 0.218 e. The number of aromatic nitrogens is 2. The molecule has 15 heavy (non-hydrogen) atoms. The molecule has 1 aliphatic heterocycles. The van der Waals surface area contributed by atoms with Gasteiger partial charge in [0.15, 0.2) is 0 Å². The van der Waals surface area contributed by atoms with Crippen LogP contribution in [0.5, 0.6) is 5.88 Å². The minimum atomic E-state index is 0.531. The molecule has 0 bridgehead atoms. The summed E-state index contributed by atoms with van der Waals surface area (Å²) in [7, 11) is 3.67. The number of hydrogen-bond donors (Lipinski definition) is 1. The van der Waals surface area contributed by atoms with E-state index < -0.39 is 0 Å². The van der Waals surface area contributed by atoms with Crippen molar-refractivity contribution in [3.8, 4) is 5.88 Å². The van der Waals surface area contributed by atoms with Crippen LogP contribution < -0.4 is 15.0 Å². The number of methoxy groups -OCH3 is 1. The monoisotopic (exact) mass is 208 g/mol. The summed E-state index contributed by atoms with van der Waals surface area (Å²) < 4.78 is 5.12. The third-order valence-corrected chi connectivity index (χ3v) is 2.68. The Hall–Kier alpha value is -1.36. The van der Waals surface area contributed by atoms with Crippen LogP contribution in [-0.2, 0) is 0 Å². The summed E-state index contributed by atoms with van der Waals surface area (Å²) in [6.45, 7) is 3.91. The van der Waals surface area contributed by atoms with Crippen molar-refractivity contribution in [3.63, 3.8) is 0 Å². The van der Waals surface area contributed by atoms with E-state index in [1.54, 1.807) is 7.11 Å². The van der Waals surface area contributed by atoms with Gasteiger partial charge in [-0.05, 0) is 6.92 Å². The van der Waals surface area contributed by atoms with Crippen molar-refractivity contribution < 1.29 is 4.74 Å². The van der Waals surface area contributed by atoms with Crippen LogP contribution in [0, 0.1) is 6.92 Å². The molecule has 1 aliphatic rings. The molecule has 0 unspecified atom stereocenters. The summed E-state index contributed by atoms with van der Waals surface area (Å²) in [5.41, 5.74) is 0. The number of aryl methyl sites for hydroxylation is 1. The van der Waals surface area contributed by atoms with Crippen molar-refractivity contribution in [1.29, 1.82) is 0 Å². The molecule has 0 aliphatic carbocycles. The number of rotatable bonds is 3. The van der Waals surface area contributed by atoms with Crippen molar-refractivity contribution in [1.82, 2.24) is 15.3 Å². The van der Waals surface area contributed by atoms with Crippen LogP contribution in [0.4, 0.5) is 5.82 Å². The number of anilines is 1. The summed E-state index contributed by atoms with van der Waals surface area (Å²) in [6.07, 6.45) is 0. The summed E-state index contributed by atoms with van der Waals surface area (Å²) in [5, 5.41) is 3.24. The third-order valence-electron chi connectivity index (χ3n) is 2.68. The molecular formula is C10H16N4O. The Morgan fingerprint density at radius 3 is 2.73 bits per heavy atom. The molecule has 0 atom stereocenters. The lowest BCUT2D eigenvalue weighted by molar-refractivity contribution is 0.393. The molecule has 2 rings (SSSR count). The second kappa shape index (κ2) is 4.02. The van der Waals surface area contributed by atoms with Crippen LogP contribution in [0.3, 0.4) is 0 Å². The van der Waals surface area contributed by atoms with E-state index in [4.69, 9.17) is 4.74 Å². The first-order chi connectivity index (χ1) is 7.20. The summed E-state index contributed by atoms with van der Waals surface area (Å²) in [5.74, 6) is 2.28. The molecule has 1 aromatic heterocycles. The molecule has 5 nitrogen and oxygen atoms in total. The van der Waals surface area contributed by atoms with Gasteiger partial charge in [0.1, 0.15) is 11.6 Å². The number of likely N-dealkylation sites (N-methyl/N-ethyl adjacent to an activating group) is 1. The lowest BCUT2D eigenvalue weighted by Crippen LogP contribution is -2.56. The second-order valence-electron chi connectivity index (χ2n) is 3.74. The predicted octanol–water partition coefficient (Wildman–Crippen LogP) is 0.202. The average Bonchev–Trinajstić information content (AvgIpc) is 2.14. The zero-order chi connectivity index (χ0) is 10.8. The highest BCUT2D eigenvalue weighted by molar-refractivity contribution is 5.42. The van der Waals surface area contributed by atoms with Crippen LogP contribution in [0.25, 0.3) is 0 Å². The Kier molecular flexibility index (Phi) is 2.73. The maximum absolute atomic E-state index is 5.12. The van der Waals surface area contributed by atoms with Crippen LogP contribution in [0.15, 0.2) is 6.07 Å². The third kappa shape index (κ3) is 2.02. The van der Waals surface area contributed by atoms with Crippen molar-refractivity contribution in [3.05, 3.63) is 11.9 Å². The molecule has 82 valence electrons. The summed E-state index contributed by atoms with van der Waals surface area (Å²) in [4.78, 5) is 10.7. The first-order valence-electron chi connectivity index (χ1n) is 5.04. The van der Waals surface area contributed by atoms with Crippen LogP contribution in [0.2, 0.25) is 0 Å². The fourth-order valence-corrected chi connectivity index (χ4v) is 1.54. The fraction of sp³-hybridized carbons (Fsp3) is 0.600. The van der Waals surface area contributed by atoms with Gasteiger partial charge in [0.25, 0.3) is 0 Å². The predicted molar refractivity (Wildman–Crippen MR) is 58.4 cm³/mol. The van der Waals surface area contributed by atoms with Crippen molar-refractivity contribution in [2.45, 2.75) is 13.0 Å². The van der Waals surface area contributed by atoms with E-state index in [1.165, 1.54) is 0 Å². The van der Waals surface area contributed by atoms with Gasteiger partial charge >= 0.3 is 0 Å². The number of nitrogens with one attached hydrogen (secondary N) is 1.